The van der Waals surface area contributed by atoms with Crippen LogP contribution in [-0.2, 0) is 41.0 Å². The third-order valence-corrected chi connectivity index (χ3v) is 8.72. The van der Waals surface area contributed by atoms with Gasteiger partial charge in [-0.15, -0.1) is 0 Å². The van der Waals surface area contributed by atoms with Gasteiger partial charge < -0.3 is 29.9 Å². The third-order valence-electron chi connectivity index (χ3n) is 6.53. The lowest BCUT2D eigenvalue weighted by atomic mass is 10.00. The average molecular weight is 621 g/mol. The van der Waals surface area contributed by atoms with Crippen LogP contribution in [0.5, 0.6) is 0 Å². The highest BCUT2D eigenvalue weighted by Crippen LogP contribution is 2.51. The minimum atomic E-state index is -3.91. The highest BCUT2D eigenvalue weighted by Gasteiger charge is 2.41. The van der Waals surface area contributed by atoms with Crippen LogP contribution in [-0.4, -0.2) is 72.6 Å². The van der Waals surface area contributed by atoms with Crippen LogP contribution in [0.1, 0.15) is 37.8 Å². The molecule has 0 aromatic heterocycles. The predicted octanol–water partition coefficient (Wildman–Crippen LogP) is 3.72. The highest BCUT2D eigenvalue weighted by atomic mass is 31.2. The number of hydrogen-bond donors (Lipinski definition) is 4. The van der Waals surface area contributed by atoms with Gasteiger partial charge >= 0.3 is 25.7 Å². The summed E-state index contributed by atoms with van der Waals surface area (Å²) in [4.78, 5) is 51.4. The molecule has 0 heterocycles. The molecule has 0 saturated heterocycles. The van der Waals surface area contributed by atoms with Gasteiger partial charge in [-0.05, 0) is 29.9 Å². The van der Waals surface area contributed by atoms with E-state index in [9.17, 15) is 28.8 Å². The smallest absolute Gasteiger partial charge is 0.407 e. The second kappa shape index (κ2) is 17.4. The summed E-state index contributed by atoms with van der Waals surface area (Å²) in [7, 11) is -1.56. The number of amides is 4. The number of nitrogens with one attached hydrogen (secondary N) is 2. The van der Waals surface area contributed by atoms with Crippen molar-refractivity contribution < 1.29 is 42.6 Å². The molecule has 1 unspecified atom stereocenters. The number of ether oxygens (including phenoxy) is 1. The number of primary amides is 1. The number of nitrogens with two attached hydrogens (primary N) is 1. The predicted molar refractivity (Wildman–Crippen MR) is 159 cm³/mol. The Bertz CT molecular complexity index is 1240. The van der Waals surface area contributed by atoms with Gasteiger partial charge in [0.2, 0.25) is 5.91 Å². The van der Waals surface area contributed by atoms with E-state index in [0.29, 0.717) is 10.5 Å². The molecule has 0 bridgehead atoms. The number of hydrogen-bond acceptors (Lipinski definition) is 9. The van der Waals surface area contributed by atoms with Gasteiger partial charge in [-0.2, -0.15) is 0 Å². The van der Waals surface area contributed by atoms with Crippen molar-refractivity contribution in [2.75, 3.05) is 20.8 Å². The van der Waals surface area contributed by atoms with Crippen molar-refractivity contribution in [3.63, 3.8) is 0 Å². The highest BCUT2D eigenvalue weighted by molar-refractivity contribution is 7.54. The molecule has 0 aliphatic rings. The summed E-state index contributed by atoms with van der Waals surface area (Å²) in [6.07, 6.45) is -0.806. The van der Waals surface area contributed by atoms with E-state index >= 15 is 0 Å². The zero-order chi connectivity index (χ0) is 32.0. The van der Waals surface area contributed by atoms with Crippen molar-refractivity contribution in [3.8, 4) is 0 Å². The number of urea groups is 1. The molecule has 14 heteroatoms. The molecule has 0 spiro atoms. The van der Waals surface area contributed by atoms with Gasteiger partial charge in [0.15, 0.2) is 0 Å². The summed E-state index contributed by atoms with van der Waals surface area (Å²) >= 11 is 0. The first-order valence-electron chi connectivity index (χ1n) is 13.7. The van der Waals surface area contributed by atoms with Crippen LogP contribution in [0.4, 0.5) is 9.59 Å². The van der Waals surface area contributed by atoms with E-state index in [0.717, 1.165) is 5.56 Å². The van der Waals surface area contributed by atoms with Crippen LogP contribution < -0.4 is 16.4 Å². The summed E-state index contributed by atoms with van der Waals surface area (Å²) < 4.78 is 29.1. The van der Waals surface area contributed by atoms with Crippen LogP contribution in [0.3, 0.4) is 0 Å². The minimum Gasteiger partial charge on any atom is -0.480 e. The van der Waals surface area contributed by atoms with Crippen molar-refractivity contribution in [1.82, 2.24) is 15.5 Å². The number of rotatable bonds is 17. The van der Waals surface area contributed by atoms with E-state index < -0.39 is 49.5 Å². The number of carbonyl (C=O) groups is 4. The molecule has 0 aliphatic carbocycles. The molecule has 0 aliphatic heterocycles. The fraction of sp³-hybridized carbons (Fsp3) is 0.448. The first-order valence-corrected chi connectivity index (χ1v) is 15.3. The van der Waals surface area contributed by atoms with Gasteiger partial charge in [-0.25, -0.2) is 19.3 Å². The molecule has 0 saturated carbocycles. The number of alkyl carbamates (subject to hydrolysis) is 1. The van der Waals surface area contributed by atoms with Gasteiger partial charge in [0.05, 0.1) is 6.04 Å². The molecule has 43 heavy (non-hydrogen) atoms. The lowest BCUT2D eigenvalue weighted by Gasteiger charge is -2.34. The van der Waals surface area contributed by atoms with Crippen LogP contribution in [0.15, 0.2) is 60.7 Å². The number of imide groups is 1. The maximum Gasteiger partial charge on any atom is 0.407 e. The fourth-order valence-electron chi connectivity index (χ4n) is 4.40. The summed E-state index contributed by atoms with van der Waals surface area (Å²) in [6, 6.07) is 13.5. The number of aliphatic carboxylic acids is 1. The fourth-order valence-corrected chi connectivity index (χ4v) is 5.87. The Labute approximate surface area is 251 Å². The van der Waals surface area contributed by atoms with Crippen molar-refractivity contribution >= 4 is 31.6 Å². The molecule has 0 fully saturated rings. The monoisotopic (exact) mass is 620 g/mol. The van der Waals surface area contributed by atoms with Gasteiger partial charge in [0.1, 0.15) is 18.4 Å². The van der Waals surface area contributed by atoms with E-state index in [-0.39, 0.29) is 38.3 Å². The van der Waals surface area contributed by atoms with Crippen LogP contribution in [0, 0.1) is 5.92 Å². The Morgan fingerprint density at radius 3 is 2.00 bits per heavy atom. The summed E-state index contributed by atoms with van der Waals surface area (Å²) in [5.41, 5.74) is 6.93. The van der Waals surface area contributed by atoms with Crippen molar-refractivity contribution in [2.24, 2.45) is 11.7 Å². The summed E-state index contributed by atoms with van der Waals surface area (Å²) in [5.74, 6) is -3.60. The Hall–Kier alpha value is -3.77. The zero-order valence-corrected chi connectivity index (χ0v) is 25.7. The Morgan fingerprint density at radius 1 is 0.953 bits per heavy atom. The van der Waals surface area contributed by atoms with Crippen molar-refractivity contribution in [1.29, 1.82) is 0 Å². The van der Waals surface area contributed by atoms with E-state index in [2.05, 4.69) is 10.6 Å². The molecule has 2 aromatic carbocycles. The molecule has 5 N–H and O–H groups in total. The zero-order valence-electron chi connectivity index (χ0n) is 24.8. The second-order valence-corrected chi connectivity index (χ2v) is 12.6. The molecular weight excluding hydrogens is 579 g/mol. The SMILES string of the molecule is COP(=O)(OC)C(CCNC(=O)OCc1ccccc1)N[C@@H](CC(C)C)C(=O)N(C(N)=O)[C@@H](Cc1ccccc1)C(=O)O. The van der Waals surface area contributed by atoms with Crippen LogP contribution >= 0.6 is 7.60 Å². The van der Waals surface area contributed by atoms with Crippen LogP contribution in [0.2, 0.25) is 0 Å². The van der Waals surface area contributed by atoms with Gasteiger partial charge in [0, 0.05) is 27.2 Å². The minimum absolute atomic E-state index is 0.0375. The lowest BCUT2D eigenvalue weighted by molar-refractivity contribution is -0.148. The van der Waals surface area contributed by atoms with E-state index in [1.54, 1.807) is 42.5 Å². The quantitative estimate of drug-likeness (QED) is 0.190. The Balaban J connectivity index is 2.26. The molecule has 2 aromatic rings. The normalized spacial score (nSPS) is 13.5. The molecule has 4 amide bonds. The Kier molecular flexibility index (Phi) is 14.3. The largest absolute Gasteiger partial charge is 0.480 e. The average Bonchev–Trinajstić information content (AvgIpc) is 2.98. The number of benzene rings is 2. The lowest BCUT2D eigenvalue weighted by Crippen LogP contribution is -2.59. The number of carboxylic acid groups (broad SMARTS) is 1. The molecule has 236 valence electrons. The summed E-state index contributed by atoms with van der Waals surface area (Å²) in [6.45, 7) is 3.64. The molecule has 0 radical (unpaired) electrons. The number of carbonyl (C=O) groups excluding carboxylic acids is 3. The van der Waals surface area contributed by atoms with Gasteiger partial charge in [0.25, 0.3) is 0 Å². The Morgan fingerprint density at radius 2 is 1.51 bits per heavy atom. The third kappa shape index (κ3) is 11.1. The second-order valence-electron chi connectivity index (χ2n) is 10.1. The van der Waals surface area contributed by atoms with E-state index in [1.807, 2.05) is 32.0 Å². The topological polar surface area (TPSA) is 187 Å². The number of nitrogens with zero attached hydrogens (tertiary/aromatic N) is 1. The van der Waals surface area contributed by atoms with Crippen molar-refractivity contribution in [2.45, 2.75) is 57.6 Å². The van der Waals surface area contributed by atoms with E-state index in [1.165, 1.54) is 14.2 Å². The standard InChI is InChI=1S/C29H41N4O9P/c1-20(2)17-23(26(34)33(28(30)37)24(27(35)36)18-21-11-7-5-8-12-21)32-25(43(39,40-3)41-4)15-16-31-29(38)42-19-22-13-9-6-10-14-22/h5-14,20,23-25,32H,15-19H2,1-4H3,(H2,30,37)(H,31,38)(H,35,36)/t23-,24-,25?/m0/s1. The number of carboxylic acids is 1. The maximum absolute atomic E-state index is 13.8. The molecule has 13 nitrogen and oxygen atoms in total. The van der Waals surface area contributed by atoms with E-state index in [4.69, 9.17) is 19.5 Å². The first kappa shape index (κ1) is 35.4. The molecule has 2 rings (SSSR count). The van der Waals surface area contributed by atoms with Crippen molar-refractivity contribution in [3.05, 3.63) is 71.8 Å². The summed E-state index contributed by atoms with van der Waals surface area (Å²) in [5, 5.41) is 15.5. The first-order chi connectivity index (χ1) is 20.4. The maximum atomic E-state index is 13.8. The van der Waals surface area contributed by atoms with Crippen LogP contribution in [0.25, 0.3) is 0 Å². The van der Waals surface area contributed by atoms with Gasteiger partial charge in [-0.3, -0.25) is 14.7 Å². The van der Waals surface area contributed by atoms with Gasteiger partial charge in [-0.1, -0.05) is 74.5 Å². The molecular formula is C29H41N4O9P. The molecule has 3 atom stereocenters.